The van der Waals surface area contributed by atoms with E-state index >= 15 is 0 Å². The van der Waals surface area contributed by atoms with Crippen molar-refractivity contribution in [3.05, 3.63) is 0 Å². The molecule has 18 heavy (non-hydrogen) atoms. The summed E-state index contributed by atoms with van der Waals surface area (Å²) in [5.41, 5.74) is 5.58. The van der Waals surface area contributed by atoms with E-state index in [9.17, 15) is 4.79 Å². The van der Waals surface area contributed by atoms with Crippen molar-refractivity contribution >= 4 is 5.97 Å². The van der Waals surface area contributed by atoms with Crippen molar-refractivity contribution in [2.75, 3.05) is 14.2 Å². The minimum absolute atomic E-state index is 0.222. The Morgan fingerprint density at radius 2 is 2.06 bits per heavy atom. The van der Waals surface area contributed by atoms with Crippen molar-refractivity contribution in [1.29, 1.82) is 0 Å². The van der Waals surface area contributed by atoms with Crippen LogP contribution in [0, 0.1) is 5.41 Å². The number of rotatable bonds is 3. The third-order valence-electron chi connectivity index (χ3n) is 4.56. The maximum atomic E-state index is 11.7. The van der Waals surface area contributed by atoms with Gasteiger partial charge >= 0.3 is 5.97 Å². The molecule has 0 aliphatic heterocycles. The Morgan fingerprint density at radius 3 is 2.50 bits per heavy atom. The van der Waals surface area contributed by atoms with E-state index < -0.39 is 5.54 Å². The molecule has 0 amide bonds. The van der Waals surface area contributed by atoms with Gasteiger partial charge in [0.05, 0.1) is 7.11 Å². The summed E-state index contributed by atoms with van der Waals surface area (Å²) in [6, 6.07) is 0.811. The molecule has 1 rings (SSSR count). The molecule has 1 saturated carbocycles. The lowest BCUT2D eigenvalue weighted by Crippen LogP contribution is -2.49. The molecule has 1 aliphatic carbocycles. The maximum absolute atomic E-state index is 11.7. The quantitative estimate of drug-likeness (QED) is 0.782. The van der Waals surface area contributed by atoms with Crippen LogP contribution in [0.25, 0.3) is 0 Å². The zero-order chi connectivity index (χ0) is 14.1. The molecule has 0 aromatic heterocycles. The van der Waals surface area contributed by atoms with Crippen molar-refractivity contribution in [1.82, 2.24) is 4.90 Å². The Labute approximate surface area is 111 Å². The van der Waals surface area contributed by atoms with Crippen molar-refractivity contribution in [3.63, 3.8) is 0 Å². The van der Waals surface area contributed by atoms with E-state index in [1.54, 1.807) is 0 Å². The first kappa shape index (κ1) is 15.4. The first-order chi connectivity index (χ1) is 8.12. The molecule has 0 aromatic rings. The number of esters is 1. The second kappa shape index (κ2) is 5.17. The predicted molar refractivity (Wildman–Crippen MR) is 73.3 cm³/mol. The Balaban J connectivity index is 2.70. The fourth-order valence-electron chi connectivity index (χ4n) is 2.71. The van der Waals surface area contributed by atoms with Crippen LogP contribution >= 0.6 is 0 Å². The van der Waals surface area contributed by atoms with Crippen molar-refractivity contribution in [3.8, 4) is 0 Å². The molecule has 2 N–H and O–H groups in total. The standard InChI is InChI=1S/C14H28N2O2/c1-10(13(2,3)4)16(5)11-7-8-14(15,9-11)12(17)18-6/h10-11H,7-9,15H2,1-6H3. The van der Waals surface area contributed by atoms with Crippen LogP contribution in [-0.2, 0) is 9.53 Å². The maximum Gasteiger partial charge on any atom is 0.325 e. The van der Waals surface area contributed by atoms with Crippen LogP contribution in [0.15, 0.2) is 0 Å². The van der Waals surface area contributed by atoms with Crippen LogP contribution in [-0.4, -0.2) is 42.6 Å². The second-order valence-electron chi connectivity index (χ2n) is 6.75. The smallest absolute Gasteiger partial charge is 0.325 e. The average Bonchev–Trinajstić information content (AvgIpc) is 2.69. The summed E-state index contributed by atoms with van der Waals surface area (Å²) in [5, 5.41) is 0. The highest BCUT2D eigenvalue weighted by atomic mass is 16.5. The van der Waals surface area contributed by atoms with E-state index in [0.29, 0.717) is 24.9 Å². The van der Waals surface area contributed by atoms with E-state index in [1.807, 2.05) is 0 Å². The normalized spacial score (nSPS) is 30.6. The first-order valence-electron chi connectivity index (χ1n) is 6.71. The minimum Gasteiger partial charge on any atom is -0.468 e. The van der Waals surface area contributed by atoms with E-state index in [4.69, 9.17) is 10.5 Å². The van der Waals surface area contributed by atoms with Crippen LogP contribution in [0.4, 0.5) is 0 Å². The fourth-order valence-corrected chi connectivity index (χ4v) is 2.71. The third-order valence-corrected chi connectivity index (χ3v) is 4.56. The zero-order valence-electron chi connectivity index (χ0n) is 12.6. The first-order valence-corrected chi connectivity index (χ1v) is 6.71. The third kappa shape index (κ3) is 3.04. The summed E-state index contributed by atoms with van der Waals surface area (Å²) < 4.78 is 4.81. The molecule has 0 bridgehead atoms. The summed E-state index contributed by atoms with van der Waals surface area (Å²) in [6.45, 7) is 8.94. The lowest BCUT2D eigenvalue weighted by Gasteiger charge is -2.39. The van der Waals surface area contributed by atoms with Crippen molar-refractivity contribution in [2.24, 2.45) is 11.1 Å². The molecule has 0 spiro atoms. The molecule has 4 nitrogen and oxygen atoms in total. The monoisotopic (exact) mass is 256 g/mol. The van der Waals surface area contributed by atoms with Gasteiger partial charge < -0.3 is 15.4 Å². The van der Waals surface area contributed by atoms with Gasteiger partial charge in [-0.3, -0.25) is 4.79 Å². The highest BCUT2D eigenvalue weighted by Crippen LogP contribution is 2.35. The van der Waals surface area contributed by atoms with Gasteiger partial charge in [-0.25, -0.2) is 0 Å². The van der Waals surface area contributed by atoms with Gasteiger partial charge in [0.15, 0.2) is 0 Å². The molecule has 4 heteroatoms. The number of carbonyl (C=O) groups excluding carboxylic acids is 1. The van der Waals surface area contributed by atoms with Gasteiger partial charge in [-0.05, 0) is 38.6 Å². The highest BCUT2D eigenvalue weighted by Gasteiger charge is 2.45. The second-order valence-corrected chi connectivity index (χ2v) is 6.75. The predicted octanol–water partition coefficient (Wildman–Crippen LogP) is 1.78. The van der Waals surface area contributed by atoms with Crippen LogP contribution in [0.1, 0.15) is 47.0 Å². The van der Waals surface area contributed by atoms with E-state index in [0.717, 1.165) is 6.42 Å². The average molecular weight is 256 g/mol. The summed E-state index contributed by atoms with van der Waals surface area (Å²) >= 11 is 0. The summed E-state index contributed by atoms with van der Waals surface area (Å²) in [4.78, 5) is 14.1. The molecule has 0 heterocycles. The van der Waals surface area contributed by atoms with Crippen molar-refractivity contribution in [2.45, 2.75) is 64.6 Å². The van der Waals surface area contributed by atoms with Crippen LogP contribution < -0.4 is 5.73 Å². The Bertz CT molecular complexity index is 311. The van der Waals surface area contributed by atoms with Crippen LogP contribution in [0.3, 0.4) is 0 Å². The summed E-state index contributed by atoms with van der Waals surface area (Å²) in [7, 11) is 3.54. The number of nitrogens with two attached hydrogens (primary N) is 1. The lowest BCUT2D eigenvalue weighted by atomic mass is 9.86. The molecule has 1 aliphatic rings. The highest BCUT2D eigenvalue weighted by molar-refractivity contribution is 5.81. The number of hydrogen-bond acceptors (Lipinski definition) is 4. The minimum atomic E-state index is -0.786. The molecule has 3 atom stereocenters. The fraction of sp³-hybridized carbons (Fsp3) is 0.929. The Hall–Kier alpha value is -0.610. The number of ether oxygens (including phenoxy) is 1. The summed E-state index contributed by atoms with van der Waals surface area (Å²) in [5.74, 6) is -0.276. The van der Waals surface area contributed by atoms with E-state index in [-0.39, 0.29) is 11.4 Å². The van der Waals surface area contributed by atoms with Gasteiger partial charge in [0.2, 0.25) is 0 Å². The van der Waals surface area contributed by atoms with Gasteiger partial charge in [0, 0.05) is 12.1 Å². The zero-order valence-corrected chi connectivity index (χ0v) is 12.6. The van der Waals surface area contributed by atoms with Crippen LogP contribution in [0.2, 0.25) is 0 Å². The molecule has 3 unspecified atom stereocenters. The molecule has 1 fully saturated rings. The molecule has 106 valence electrons. The number of carbonyl (C=O) groups is 1. The van der Waals surface area contributed by atoms with E-state index in [1.165, 1.54) is 7.11 Å². The number of nitrogens with zero attached hydrogens (tertiary/aromatic N) is 1. The van der Waals surface area contributed by atoms with E-state index in [2.05, 4.69) is 39.6 Å². The summed E-state index contributed by atoms with van der Waals surface area (Å²) in [6.07, 6.45) is 2.37. The molecule has 0 saturated heterocycles. The Morgan fingerprint density at radius 1 is 1.50 bits per heavy atom. The van der Waals surface area contributed by atoms with Crippen molar-refractivity contribution < 1.29 is 9.53 Å². The number of methoxy groups -OCH3 is 1. The van der Waals surface area contributed by atoms with Gasteiger partial charge in [-0.2, -0.15) is 0 Å². The van der Waals surface area contributed by atoms with Gasteiger partial charge in [0.1, 0.15) is 5.54 Å². The molecule has 0 radical (unpaired) electrons. The largest absolute Gasteiger partial charge is 0.468 e. The lowest BCUT2D eigenvalue weighted by molar-refractivity contribution is -0.147. The molecular formula is C14H28N2O2. The SMILES string of the molecule is COC(=O)C1(N)CCC(N(C)C(C)C(C)(C)C)C1. The topological polar surface area (TPSA) is 55.6 Å². The molecular weight excluding hydrogens is 228 g/mol. The van der Waals surface area contributed by atoms with Gasteiger partial charge in [0.25, 0.3) is 0 Å². The van der Waals surface area contributed by atoms with Gasteiger partial charge in [-0.15, -0.1) is 0 Å². The number of hydrogen-bond donors (Lipinski definition) is 1. The van der Waals surface area contributed by atoms with Gasteiger partial charge in [-0.1, -0.05) is 20.8 Å². The molecule has 0 aromatic carbocycles. The Kier molecular flexibility index (Phi) is 4.44. The van der Waals surface area contributed by atoms with Crippen LogP contribution in [0.5, 0.6) is 0 Å².